The molecule has 1 fully saturated rings. The van der Waals surface area contributed by atoms with Gasteiger partial charge in [0.1, 0.15) is 11.7 Å². The molecule has 2 heterocycles. The summed E-state index contributed by atoms with van der Waals surface area (Å²) in [5.74, 6) is -1.35. The van der Waals surface area contributed by atoms with Crippen LogP contribution in [0.5, 0.6) is 0 Å². The van der Waals surface area contributed by atoms with Crippen LogP contribution in [0.15, 0.2) is 15.8 Å². The highest BCUT2D eigenvalue weighted by molar-refractivity contribution is 5.05. The smallest absolute Gasteiger partial charge is 0.330 e. The summed E-state index contributed by atoms with van der Waals surface area (Å²) in [7, 11) is 0. The van der Waals surface area contributed by atoms with Crippen LogP contribution < -0.4 is 11.2 Å². The van der Waals surface area contributed by atoms with Gasteiger partial charge in [0.15, 0.2) is 12.4 Å². The van der Waals surface area contributed by atoms with Crippen LogP contribution in [0.1, 0.15) is 13.2 Å². The molecule has 1 saturated heterocycles. The Kier molecular flexibility index (Phi) is 3.97. The molecule has 1 aliphatic rings. The average Bonchev–Trinajstić information content (AvgIpc) is 2.68. The van der Waals surface area contributed by atoms with E-state index in [2.05, 4.69) is 0 Å². The average molecular weight is 308 g/mol. The van der Waals surface area contributed by atoms with Crippen LogP contribution in [-0.4, -0.2) is 55.5 Å². The van der Waals surface area contributed by atoms with E-state index < -0.39 is 53.9 Å². The number of ether oxygens (including phenoxy) is 1. The Labute approximate surface area is 116 Å². The molecule has 5 atom stereocenters. The molecule has 118 valence electrons. The van der Waals surface area contributed by atoms with Crippen molar-refractivity contribution in [3.63, 3.8) is 0 Å². The molecule has 0 aromatic carbocycles. The third kappa shape index (κ3) is 2.29. The Bertz CT molecular complexity index is 644. The van der Waals surface area contributed by atoms with Crippen LogP contribution in [0.3, 0.4) is 0 Å². The van der Waals surface area contributed by atoms with Crippen molar-refractivity contribution in [2.75, 3.05) is 6.61 Å². The van der Waals surface area contributed by atoms with E-state index in [1.807, 2.05) is 0 Å². The van der Waals surface area contributed by atoms with Gasteiger partial charge in [-0.3, -0.25) is 14.3 Å². The predicted molar refractivity (Wildman–Crippen MR) is 63.8 cm³/mol. The maximum absolute atomic E-state index is 14.2. The first kappa shape index (κ1) is 15.8. The molecule has 1 aliphatic heterocycles. The van der Waals surface area contributed by atoms with E-state index >= 15 is 0 Å². The fourth-order valence-corrected chi connectivity index (χ4v) is 2.25. The van der Waals surface area contributed by atoms with E-state index in [1.165, 1.54) is 0 Å². The van der Waals surface area contributed by atoms with Crippen molar-refractivity contribution >= 4 is 0 Å². The van der Waals surface area contributed by atoms with Crippen molar-refractivity contribution in [3.8, 4) is 0 Å². The first-order chi connectivity index (χ1) is 9.74. The minimum absolute atomic E-state index is 0.407. The van der Waals surface area contributed by atoms with E-state index in [0.717, 1.165) is 6.92 Å². The topological polar surface area (TPSA) is 125 Å². The number of nitrogens with one attached hydrogen (secondary N) is 1. The lowest BCUT2D eigenvalue weighted by atomic mass is 9.91. The van der Waals surface area contributed by atoms with Crippen LogP contribution >= 0.6 is 0 Å². The summed E-state index contributed by atoms with van der Waals surface area (Å²) in [5, 5.41) is 28.7. The van der Waals surface area contributed by atoms with Gasteiger partial charge in [-0.2, -0.15) is 4.39 Å². The van der Waals surface area contributed by atoms with E-state index in [-0.39, 0.29) is 0 Å². The number of nitrogens with zero attached hydrogens (tertiary/aromatic N) is 1. The molecule has 0 radical (unpaired) electrons. The van der Waals surface area contributed by atoms with Gasteiger partial charge in [-0.25, -0.2) is 9.18 Å². The third-order valence-electron chi connectivity index (χ3n) is 3.57. The first-order valence-corrected chi connectivity index (χ1v) is 6.04. The quantitative estimate of drug-likeness (QED) is 0.513. The minimum atomic E-state index is -2.23. The highest BCUT2D eigenvalue weighted by atomic mass is 19.1. The molecule has 1 aromatic heterocycles. The number of aliphatic hydroxyl groups excluding tert-OH is 3. The third-order valence-corrected chi connectivity index (χ3v) is 3.57. The number of alkyl halides is 1. The Hall–Kier alpha value is -1.62. The molecule has 1 aromatic rings. The summed E-state index contributed by atoms with van der Waals surface area (Å²) in [6, 6.07) is 0. The van der Waals surface area contributed by atoms with Crippen molar-refractivity contribution in [1.29, 1.82) is 0 Å². The van der Waals surface area contributed by atoms with Crippen LogP contribution in [0.2, 0.25) is 0 Å². The van der Waals surface area contributed by atoms with Gasteiger partial charge in [0.05, 0.1) is 18.9 Å². The van der Waals surface area contributed by atoms with Crippen molar-refractivity contribution in [2.45, 2.75) is 37.1 Å². The molecule has 0 spiro atoms. The maximum atomic E-state index is 14.2. The zero-order chi connectivity index (χ0) is 15.9. The predicted octanol–water partition coefficient (Wildman–Crippen LogP) is -1.98. The normalized spacial score (nSPS) is 34.1. The molecule has 2 rings (SSSR count). The molecule has 10 heteroatoms. The van der Waals surface area contributed by atoms with Crippen molar-refractivity contribution < 1.29 is 28.8 Å². The molecule has 21 heavy (non-hydrogen) atoms. The summed E-state index contributed by atoms with van der Waals surface area (Å²) in [5.41, 5.74) is -4.49. The Morgan fingerprint density at radius 3 is 2.67 bits per heavy atom. The Morgan fingerprint density at radius 1 is 1.57 bits per heavy atom. The number of aromatic amines is 1. The summed E-state index contributed by atoms with van der Waals surface area (Å²) in [6.07, 6.45) is -7.02. The highest BCUT2D eigenvalue weighted by Gasteiger charge is 2.58. The maximum Gasteiger partial charge on any atom is 0.330 e. The molecule has 4 N–H and O–H groups in total. The van der Waals surface area contributed by atoms with E-state index in [1.54, 1.807) is 4.98 Å². The summed E-state index contributed by atoms with van der Waals surface area (Å²) >= 11 is 0. The van der Waals surface area contributed by atoms with Crippen LogP contribution in [0, 0.1) is 5.82 Å². The monoisotopic (exact) mass is 308 g/mol. The van der Waals surface area contributed by atoms with Gasteiger partial charge < -0.3 is 20.1 Å². The number of hydrogen-bond donors (Lipinski definition) is 4. The second kappa shape index (κ2) is 5.30. The van der Waals surface area contributed by atoms with Gasteiger partial charge >= 0.3 is 5.69 Å². The van der Waals surface area contributed by atoms with Gasteiger partial charge in [-0.05, 0) is 6.92 Å². The van der Waals surface area contributed by atoms with Gasteiger partial charge in [-0.1, -0.05) is 0 Å². The first-order valence-electron chi connectivity index (χ1n) is 6.04. The molecular weight excluding hydrogens is 294 g/mol. The minimum Gasteiger partial charge on any atom is -0.393 e. The molecule has 8 nitrogen and oxygen atoms in total. The van der Waals surface area contributed by atoms with Crippen LogP contribution in [0.4, 0.5) is 8.78 Å². The fourth-order valence-electron chi connectivity index (χ4n) is 2.25. The van der Waals surface area contributed by atoms with Crippen LogP contribution in [-0.2, 0) is 4.74 Å². The lowest BCUT2D eigenvalue weighted by Crippen LogP contribution is -2.53. The van der Waals surface area contributed by atoms with Gasteiger partial charge in [0.25, 0.3) is 5.56 Å². The van der Waals surface area contributed by atoms with Gasteiger partial charge in [0, 0.05) is 0 Å². The standard InChI is InChI=1S/C11H14F2N2O6/c1-4(17)11(3-16)7(18)6(13)9(21-11)15-2-5(12)8(19)14-10(15)20/h2,4,6-7,9,16-18H,3H2,1H3,(H,14,19,20)/t4?,6-,7-,9+,11-/m0/s1. The number of aliphatic hydroxyl groups is 3. The van der Waals surface area contributed by atoms with Gasteiger partial charge in [-0.15, -0.1) is 0 Å². The second-order valence-corrected chi connectivity index (χ2v) is 4.83. The summed E-state index contributed by atoms with van der Waals surface area (Å²) in [6.45, 7) is 0.230. The highest BCUT2D eigenvalue weighted by Crippen LogP contribution is 2.40. The number of hydrogen-bond acceptors (Lipinski definition) is 6. The second-order valence-electron chi connectivity index (χ2n) is 4.83. The molecule has 1 unspecified atom stereocenters. The Morgan fingerprint density at radius 2 is 2.19 bits per heavy atom. The largest absolute Gasteiger partial charge is 0.393 e. The summed E-state index contributed by atoms with van der Waals surface area (Å²) < 4.78 is 32.9. The molecule has 0 saturated carbocycles. The fraction of sp³-hybridized carbons (Fsp3) is 0.636. The van der Waals surface area contributed by atoms with Gasteiger partial charge in [0.2, 0.25) is 5.82 Å². The number of rotatable bonds is 3. The van der Waals surface area contributed by atoms with E-state index in [4.69, 9.17) is 4.74 Å². The zero-order valence-corrected chi connectivity index (χ0v) is 10.9. The van der Waals surface area contributed by atoms with Crippen molar-refractivity contribution in [2.24, 2.45) is 0 Å². The summed E-state index contributed by atoms with van der Waals surface area (Å²) in [4.78, 5) is 24.1. The number of H-pyrrole nitrogens is 1. The lowest BCUT2D eigenvalue weighted by Gasteiger charge is -2.32. The van der Waals surface area contributed by atoms with E-state index in [9.17, 15) is 33.7 Å². The van der Waals surface area contributed by atoms with Crippen molar-refractivity contribution in [1.82, 2.24) is 9.55 Å². The molecule has 0 aliphatic carbocycles. The van der Waals surface area contributed by atoms with Crippen LogP contribution in [0.25, 0.3) is 0 Å². The molecule has 0 bridgehead atoms. The van der Waals surface area contributed by atoms with Crippen molar-refractivity contribution in [3.05, 3.63) is 32.9 Å². The molecule has 0 amide bonds. The Balaban J connectivity index is 2.50. The number of halogens is 2. The number of aromatic nitrogens is 2. The van der Waals surface area contributed by atoms with E-state index in [0.29, 0.717) is 10.8 Å². The molecular formula is C11H14F2N2O6. The lowest BCUT2D eigenvalue weighted by molar-refractivity contribution is -0.178. The SMILES string of the molecule is CC(O)[C@]1(CO)O[C@@H](n2cc(F)c(=O)[nH]c2=O)[C@@H](F)[C@@H]1O. The zero-order valence-electron chi connectivity index (χ0n) is 10.9.